The summed E-state index contributed by atoms with van der Waals surface area (Å²) in [7, 11) is 0. The van der Waals surface area contributed by atoms with E-state index in [2.05, 4.69) is 10.6 Å². The number of amides is 2. The fraction of sp³-hybridized carbons (Fsp3) is 0. The van der Waals surface area contributed by atoms with Crippen molar-refractivity contribution in [1.29, 1.82) is 0 Å². The Labute approximate surface area is 151 Å². The van der Waals surface area contributed by atoms with Crippen molar-refractivity contribution in [1.82, 2.24) is 0 Å². The van der Waals surface area contributed by atoms with E-state index in [-0.39, 0.29) is 21.3 Å². The molecule has 0 spiro atoms. The van der Waals surface area contributed by atoms with Crippen LogP contribution in [0.5, 0.6) is 0 Å². The summed E-state index contributed by atoms with van der Waals surface area (Å²) >= 11 is 23.4. The number of rotatable bonds is 3. The van der Waals surface area contributed by atoms with Gasteiger partial charge in [-0.05, 0) is 30.3 Å². The number of hydrogen-bond donors (Lipinski definition) is 3. The number of carbonyl (C=O) groups excluding carboxylic acids is 1. The summed E-state index contributed by atoms with van der Waals surface area (Å²) in [6, 6.07) is 6.26. The first kappa shape index (κ1) is 17.7. The van der Waals surface area contributed by atoms with Crippen molar-refractivity contribution in [3.63, 3.8) is 0 Å². The van der Waals surface area contributed by atoms with Gasteiger partial charge in [-0.3, -0.25) is 0 Å². The van der Waals surface area contributed by atoms with Gasteiger partial charge in [0.1, 0.15) is 0 Å². The molecule has 0 aliphatic rings. The number of anilines is 2. The van der Waals surface area contributed by atoms with E-state index in [0.717, 1.165) is 0 Å². The Morgan fingerprint density at radius 2 is 1.39 bits per heavy atom. The van der Waals surface area contributed by atoms with Crippen molar-refractivity contribution in [3.05, 3.63) is 56.0 Å². The van der Waals surface area contributed by atoms with E-state index >= 15 is 0 Å². The van der Waals surface area contributed by atoms with Crippen molar-refractivity contribution >= 4 is 69.8 Å². The molecule has 0 saturated carbocycles. The van der Waals surface area contributed by atoms with Gasteiger partial charge in [-0.25, -0.2) is 9.59 Å². The Morgan fingerprint density at radius 1 is 0.826 bits per heavy atom. The average Bonchev–Trinajstić information content (AvgIpc) is 2.39. The highest BCUT2D eigenvalue weighted by molar-refractivity contribution is 6.38. The second-order valence-corrected chi connectivity index (χ2v) is 6.07. The first-order valence-corrected chi connectivity index (χ1v) is 7.54. The van der Waals surface area contributed by atoms with Crippen LogP contribution in [-0.2, 0) is 0 Å². The zero-order valence-electron chi connectivity index (χ0n) is 11.2. The van der Waals surface area contributed by atoms with E-state index < -0.39 is 12.0 Å². The van der Waals surface area contributed by atoms with Crippen molar-refractivity contribution < 1.29 is 14.7 Å². The molecule has 0 saturated heterocycles. The molecule has 2 amide bonds. The minimum Gasteiger partial charge on any atom is -0.478 e. The molecule has 5 nitrogen and oxygen atoms in total. The maximum absolute atomic E-state index is 12.0. The van der Waals surface area contributed by atoms with Crippen LogP contribution in [0.3, 0.4) is 0 Å². The van der Waals surface area contributed by atoms with Gasteiger partial charge in [-0.1, -0.05) is 46.4 Å². The number of hydrogen-bond acceptors (Lipinski definition) is 2. The highest BCUT2D eigenvalue weighted by atomic mass is 35.5. The summed E-state index contributed by atoms with van der Waals surface area (Å²) in [5.74, 6) is -1.28. The molecule has 120 valence electrons. The molecule has 0 radical (unpaired) electrons. The van der Waals surface area contributed by atoms with E-state index in [1.54, 1.807) is 0 Å². The van der Waals surface area contributed by atoms with Crippen molar-refractivity contribution in [2.24, 2.45) is 0 Å². The van der Waals surface area contributed by atoms with Crippen LogP contribution in [0, 0.1) is 0 Å². The Bertz CT molecular complexity index is 776. The third kappa shape index (κ3) is 4.65. The van der Waals surface area contributed by atoms with Crippen molar-refractivity contribution in [3.8, 4) is 0 Å². The second-order valence-electron chi connectivity index (χ2n) is 4.35. The van der Waals surface area contributed by atoms with Crippen LogP contribution in [0.1, 0.15) is 10.4 Å². The summed E-state index contributed by atoms with van der Waals surface area (Å²) in [5.41, 5.74) is 0.0259. The van der Waals surface area contributed by atoms with Crippen LogP contribution in [0.25, 0.3) is 0 Å². The first-order chi connectivity index (χ1) is 10.8. The zero-order chi connectivity index (χ0) is 17.1. The Kier molecular flexibility index (Phi) is 5.59. The molecule has 0 aliphatic carbocycles. The number of carboxylic acid groups (broad SMARTS) is 1. The molecule has 9 heteroatoms. The smallest absolute Gasteiger partial charge is 0.337 e. The van der Waals surface area contributed by atoms with Crippen LogP contribution in [-0.4, -0.2) is 17.1 Å². The van der Waals surface area contributed by atoms with E-state index in [0.29, 0.717) is 15.7 Å². The summed E-state index contributed by atoms with van der Waals surface area (Å²) < 4.78 is 0. The van der Waals surface area contributed by atoms with Gasteiger partial charge in [-0.15, -0.1) is 0 Å². The number of benzene rings is 2. The summed E-state index contributed by atoms with van der Waals surface area (Å²) in [6.45, 7) is 0. The normalized spacial score (nSPS) is 10.3. The van der Waals surface area contributed by atoms with Crippen LogP contribution in [0.15, 0.2) is 30.3 Å². The lowest BCUT2D eigenvalue weighted by atomic mass is 10.2. The third-order valence-electron chi connectivity index (χ3n) is 2.64. The van der Waals surface area contributed by atoms with Crippen LogP contribution >= 0.6 is 46.4 Å². The highest BCUT2D eigenvalue weighted by Crippen LogP contribution is 2.30. The zero-order valence-corrected chi connectivity index (χ0v) is 14.2. The van der Waals surface area contributed by atoms with E-state index in [1.165, 1.54) is 30.3 Å². The van der Waals surface area contributed by atoms with Crippen LogP contribution in [0.2, 0.25) is 20.1 Å². The number of nitrogens with one attached hydrogen (secondary N) is 2. The number of carbonyl (C=O) groups is 2. The largest absolute Gasteiger partial charge is 0.478 e. The van der Waals surface area contributed by atoms with Gasteiger partial charge in [0.15, 0.2) is 0 Å². The summed E-state index contributed by atoms with van der Waals surface area (Å²) in [5, 5.41) is 14.8. The lowest BCUT2D eigenvalue weighted by molar-refractivity contribution is 0.0698. The van der Waals surface area contributed by atoms with Gasteiger partial charge >= 0.3 is 12.0 Å². The maximum atomic E-state index is 12.0. The molecule has 0 bridgehead atoms. The van der Waals surface area contributed by atoms with E-state index in [9.17, 15) is 9.59 Å². The predicted molar refractivity (Wildman–Crippen MR) is 92.5 cm³/mol. The number of aromatic carboxylic acids is 1. The van der Waals surface area contributed by atoms with Gasteiger partial charge in [0.05, 0.1) is 16.3 Å². The molecule has 0 heterocycles. The topological polar surface area (TPSA) is 78.4 Å². The molecule has 3 N–H and O–H groups in total. The van der Waals surface area contributed by atoms with Gasteiger partial charge < -0.3 is 15.7 Å². The average molecular weight is 394 g/mol. The SMILES string of the molecule is O=C(Nc1cc(Cl)cc(Cl)c1)Nc1c(Cl)cc(Cl)cc1C(=O)O. The van der Waals surface area contributed by atoms with Crippen LogP contribution in [0.4, 0.5) is 16.2 Å². The Hall–Kier alpha value is -1.66. The number of halogens is 4. The monoisotopic (exact) mass is 392 g/mol. The summed E-state index contributed by atoms with van der Waals surface area (Å²) in [4.78, 5) is 23.3. The third-order valence-corrected chi connectivity index (χ3v) is 3.60. The van der Waals surface area contributed by atoms with Gasteiger partial charge in [0.25, 0.3) is 0 Å². The quantitative estimate of drug-likeness (QED) is 0.630. The predicted octanol–water partition coefficient (Wildman–Crippen LogP) is 5.64. The van der Waals surface area contributed by atoms with Gasteiger partial charge in [0, 0.05) is 20.8 Å². The molecule has 2 aromatic rings. The van der Waals surface area contributed by atoms with E-state index in [1.807, 2.05) is 0 Å². The lowest BCUT2D eigenvalue weighted by Crippen LogP contribution is -2.21. The Morgan fingerprint density at radius 3 is 1.96 bits per heavy atom. The Balaban J connectivity index is 2.25. The molecule has 0 aromatic heterocycles. The fourth-order valence-electron chi connectivity index (χ4n) is 1.77. The lowest BCUT2D eigenvalue weighted by Gasteiger charge is -2.12. The van der Waals surface area contributed by atoms with Crippen molar-refractivity contribution in [2.75, 3.05) is 10.6 Å². The molecular weight excluding hydrogens is 386 g/mol. The van der Waals surface area contributed by atoms with E-state index in [4.69, 9.17) is 51.5 Å². The minimum atomic E-state index is -1.28. The molecule has 0 fully saturated rings. The minimum absolute atomic E-state index is 0.00539. The number of carboxylic acids is 1. The first-order valence-electron chi connectivity index (χ1n) is 6.02. The standard InChI is InChI=1S/C14H8Cl4N2O3/c15-6-1-7(16)3-9(2-6)19-14(23)20-12-10(13(21)22)4-8(17)5-11(12)18/h1-5H,(H,21,22)(H2,19,20,23). The molecular formula is C14H8Cl4N2O3. The van der Waals surface area contributed by atoms with Crippen molar-refractivity contribution in [2.45, 2.75) is 0 Å². The van der Waals surface area contributed by atoms with Crippen LogP contribution < -0.4 is 10.6 Å². The molecule has 0 aliphatic heterocycles. The molecule has 2 rings (SSSR count). The number of urea groups is 1. The van der Waals surface area contributed by atoms with Gasteiger partial charge in [0.2, 0.25) is 0 Å². The molecule has 23 heavy (non-hydrogen) atoms. The maximum Gasteiger partial charge on any atom is 0.337 e. The van der Waals surface area contributed by atoms with Gasteiger partial charge in [-0.2, -0.15) is 0 Å². The summed E-state index contributed by atoms with van der Waals surface area (Å²) in [6.07, 6.45) is 0. The molecule has 0 unspecified atom stereocenters. The molecule has 2 aromatic carbocycles. The highest BCUT2D eigenvalue weighted by Gasteiger charge is 2.17. The fourth-order valence-corrected chi connectivity index (χ4v) is 2.84. The molecule has 0 atom stereocenters. The second kappa shape index (κ2) is 7.27.